The minimum Gasteiger partial charge on any atom is -0.365 e. The van der Waals surface area contributed by atoms with Crippen LogP contribution in [0.1, 0.15) is 37.0 Å². The van der Waals surface area contributed by atoms with Crippen molar-refractivity contribution >= 4 is 11.6 Å². The summed E-state index contributed by atoms with van der Waals surface area (Å²) in [5.41, 5.74) is 2.01. The Labute approximate surface area is 193 Å². The molecule has 0 radical (unpaired) electrons. The molecule has 0 spiro atoms. The van der Waals surface area contributed by atoms with Crippen LogP contribution in [-0.2, 0) is 23.9 Å². The van der Waals surface area contributed by atoms with Crippen LogP contribution in [-0.4, -0.2) is 43.0 Å². The molecule has 2 heterocycles. The molecule has 178 valence electrons. The summed E-state index contributed by atoms with van der Waals surface area (Å²) < 4.78 is 40.0. The van der Waals surface area contributed by atoms with Gasteiger partial charge in [-0.25, -0.2) is 0 Å². The highest BCUT2D eigenvalue weighted by Gasteiger charge is 2.42. The molecule has 2 aliphatic rings. The predicted molar refractivity (Wildman–Crippen MR) is 124 cm³/mol. The number of piperazine rings is 1. The Bertz CT molecular complexity index is 961. The third-order valence-electron chi connectivity index (χ3n) is 6.73. The van der Waals surface area contributed by atoms with Gasteiger partial charge in [0.2, 0.25) is 5.91 Å². The average Bonchev–Trinajstić information content (AvgIpc) is 2.77. The van der Waals surface area contributed by atoms with E-state index in [-0.39, 0.29) is 17.9 Å². The molecule has 2 aromatic rings. The maximum atomic E-state index is 13.3. The predicted octanol–water partition coefficient (Wildman–Crippen LogP) is 4.73. The van der Waals surface area contributed by atoms with Gasteiger partial charge in [-0.15, -0.1) is 0 Å². The fourth-order valence-corrected chi connectivity index (χ4v) is 4.96. The molecule has 2 aliphatic heterocycles. The summed E-state index contributed by atoms with van der Waals surface area (Å²) in [4.78, 5) is 17.7. The van der Waals surface area contributed by atoms with Crippen molar-refractivity contribution in [1.29, 1.82) is 0 Å². The van der Waals surface area contributed by atoms with Crippen LogP contribution in [0.15, 0.2) is 48.5 Å². The van der Waals surface area contributed by atoms with Gasteiger partial charge in [0.05, 0.1) is 17.5 Å². The van der Waals surface area contributed by atoms with Gasteiger partial charge in [0.15, 0.2) is 0 Å². The number of amides is 1. The highest BCUT2D eigenvalue weighted by atomic mass is 19.4. The van der Waals surface area contributed by atoms with Crippen LogP contribution < -0.4 is 10.2 Å². The molecule has 33 heavy (non-hydrogen) atoms. The van der Waals surface area contributed by atoms with E-state index in [0.29, 0.717) is 37.5 Å². The molecule has 1 fully saturated rings. The summed E-state index contributed by atoms with van der Waals surface area (Å²) in [6.45, 7) is 7.78. The van der Waals surface area contributed by atoms with Gasteiger partial charge in [-0.2, -0.15) is 13.2 Å². The van der Waals surface area contributed by atoms with Gasteiger partial charge in [0.1, 0.15) is 0 Å². The molecule has 0 unspecified atom stereocenters. The number of carbonyl (C=O) groups excluding carboxylic acids is 1. The summed E-state index contributed by atoms with van der Waals surface area (Å²) in [7, 11) is 0. The first-order chi connectivity index (χ1) is 15.7. The summed E-state index contributed by atoms with van der Waals surface area (Å²) in [5.74, 6) is 0.0289. The number of nitrogens with one attached hydrogen (secondary N) is 1. The Balaban J connectivity index is 1.58. The van der Waals surface area contributed by atoms with Crippen LogP contribution in [0.5, 0.6) is 0 Å². The lowest BCUT2D eigenvalue weighted by atomic mass is 9.82. The number of anilines is 1. The average molecular weight is 460 g/mol. The Morgan fingerprint density at radius 2 is 1.88 bits per heavy atom. The standard InChI is InChI=1S/C26H32F3N3O/c1-18(2)10-11-30-25(33)22-15-20-14-21(26(27,28)29)8-9-23(20)32-13-12-31(17-24(22)32)16-19-6-4-3-5-7-19/h3-9,14,18,22,24H,10-13,15-17H2,1-2H3,(H,30,33)/t22-,24+/m0/s1. The molecule has 0 saturated carbocycles. The Hall–Kier alpha value is -2.54. The second kappa shape index (κ2) is 9.75. The lowest BCUT2D eigenvalue weighted by Crippen LogP contribution is -2.61. The van der Waals surface area contributed by atoms with Crippen LogP contribution in [0.4, 0.5) is 18.9 Å². The van der Waals surface area contributed by atoms with E-state index in [9.17, 15) is 18.0 Å². The third-order valence-corrected chi connectivity index (χ3v) is 6.73. The van der Waals surface area contributed by atoms with Crippen LogP contribution in [0, 0.1) is 11.8 Å². The number of carbonyl (C=O) groups is 1. The molecule has 4 rings (SSSR count). The zero-order valence-corrected chi connectivity index (χ0v) is 19.2. The van der Waals surface area contributed by atoms with E-state index < -0.39 is 11.7 Å². The molecule has 0 bridgehead atoms. The number of fused-ring (bicyclic) bond motifs is 3. The molecule has 2 aromatic carbocycles. The molecule has 0 aliphatic carbocycles. The minimum absolute atomic E-state index is 0.0599. The molecule has 1 N–H and O–H groups in total. The Kier molecular flexibility index (Phi) is 6.98. The number of benzene rings is 2. The van der Waals surface area contributed by atoms with E-state index >= 15 is 0 Å². The van der Waals surface area contributed by atoms with Gasteiger partial charge in [0, 0.05) is 38.4 Å². The normalized spacial score (nSPS) is 21.0. The van der Waals surface area contributed by atoms with Crippen molar-refractivity contribution in [2.24, 2.45) is 11.8 Å². The first-order valence-electron chi connectivity index (χ1n) is 11.7. The van der Waals surface area contributed by atoms with Crippen LogP contribution in [0.25, 0.3) is 0 Å². The number of hydrogen-bond acceptors (Lipinski definition) is 3. The molecule has 2 atom stereocenters. The number of nitrogens with zero attached hydrogens (tertiary/aromatic N) is 2. The summed E-state index contributed by atoms with van der Waals surface area (Å²) in [6.07, 6.45) is -3.19. The third kappa shape index (κ3) is 5.52. The van der Waals surface area contributed by atoms with Crippen molar-refractivity contribution in [3.63, 3.8) is 0 Å². The smallest absolute Gasteiger partial charge is 0.365 e. The fourth-order valence-electron chi connectivity index (χ4n) is 4.96. The zero-order valence-electron chi connectivity index (χ0n) is 19.2. The molecule has 0 aromatic heterocycles. The van der Waals surface area contributed by atoms with Crippen molar-refractivity contribution in [1.82, 2.24) is 10.2 Å². The van der Waals surface area contributed by atoms with Gasteiger partial charge < -0.3 is 10.2 Å². The number of alkyl halides is 3. The van der Waals surface area contributed by atoms with Crippen LogP contribution in [0.3, 0.4) is 0 Å². The summed E-state index contributed by atoms with van der Waals surface area (Å²) in [6, 6.07) is 14.1. The number of rotatable bonds is 6. The SMILES string of the molecule is CC(C)CCNC(=O)[C@H]1Cc2cc(C(F)(F)F)ccc2N2CCN(Cc3ccccc3)C[C@H]12. The largest absolute Gasteiger partial charge is 0.416 e. The quantitative estimate of drug-likeness (QED) is 0.678. The van der Waals surface area contributed by atoms with Crippen molar-refractivity contribution in [2.75, 3.05) is 31.1 Å². The molecule has 7 heteroatoms. The van der Waals surface area contributed by atoms with Gasteiger partial charge in [-0.05, 0) is 48.1 Å². The topological polar surface area (TPSA) is 35.6 Å². The van der Waals surface area contributed by atoms with E-state index in [0.717, 1.165) is 31.3 Å². The molecule has 1 amide bonds. The van der Waals surface area contributed by atoms with Gasteiger partial charge in [-0.3, -0.25) is 9.69 Å². The van der Waals surface area contributed by atoms with Gasteiger partial charge in [-0.1, -0.05) is 44.2 Å². The molecular formula is C26H32F3N3O. The fraction of sp³-hybridized carbons (Fsp3) is 0.500. The summed E-state index contributed by atoms with van der Waals surface area (Å²) in [5, 5.41) is 3.05. The van der Waals surface area contributed by atoms with Crippen molar-refractivity contribution in [2.45, 2.75) is 45.5 Å². The molecular weight excluding hydrogens is 427 g/mol. The van der Waals surface area contributed by atoms with Crippen LogP contribution in [0.2, 0.25) is 0 Å². The lowest BCUT2D eigenvalue weighted by molar-refractivity contribution is -0.137. The highest BCUT2D eigenvalue weighted by molar-refractivity contribution is 5.82. The maximum absolute atomic E-state index is 13.3. The minimum atomic E-state index is -4.39. The van der Waals surface area contributed by atoms with Gasteiger partial charge >= 0.3 is 6.18 Å². The first-order valence-corrected chi connectivity index (χ1v) is 11.7. The Morgan fingerprint density at radius 3 is 2.58 bits per heavy atom. The highest BCUT2D eigenvalue weighted by Crippen LogP contribution is 2.39. The number of hydrogen-bond donors (Lipinski definition) is 1. The number of halogens is 3. The lowest BCUT2D eigenvalue weighted by Gasteiger charge is -2.49. The van der Waals surface area contributed by atoms with Crippen molar-refractivity contribution in [3.8, 4) is 0 Å². The molecule has 4 nitrogen and oxygen atoms in total. The summed E-state index contributed by atoms with van der Waals surface area (Å²) >= 11 is 0. The molecule has 1 saturated heterocycles. The van der Waals surface area contributed by atoms with Crippen molar-refractivity contribution < 1.29 is 18.0 Å². The maximum Gasteiger partial charge on any atom is 0.416 e. The van der Waals surface area contributed by atoms with Crippen LogP contribution >= 0.6 is 0 Å². The van der Waals surface area contributed by atoms with E-state index in [1.807, 2.05) is 18.2 Å². The van der Waals surface area contributed by atoms with Gasteiger partial charge in [0.25, 0.3) is 0 Å². The zero-order chi connectivity index (χ0) is 23.6. The van der Waals surface area contributed by atoms with Crippen molar-refractivity contribution in [3.05, 3.63) is 65.2 Å². The monoisotopic (exact) mass is 459 g/mol. The Morgan fingerprint density at radius 1 is 1.12 bits per heavy atom. The van der Waals surface area contributed by atoms with E-state index in [1.54, 1.807) is 6.07 Å². The van der Waals surface area contributed by atoms with E-state index in [1.165, 1.54) is 11.6 Å². The van der Waals surface area contributed by atoms with E-state index in [2.05, 4.69) is 41.1 Å². The second-order valence-electron chi connectivity index (χ2n) is 9.61. The first kappa shape index (κ1) is 23.6. The second-order valence-corrected chi connectivity index (χ2v) is 9.61. The van der Waals surface area contributed by atoms with E-state index in [4.69, 9.17) is 0 Å².